The molecule has 1 saturated heterocycles. The second-order valence-electron chi connectivity index (χ2n) is 7.06. The number of aromatic nitrogens is 3. The SMILES string of the molecule is CO[C@H]1C(=O)N2C(C(=O)N(C)CC(=O)O)=C(CSc3nc(=O)c(=O)[nH]n3C)CS(=O)(=O)[C@H]12. The van der Waals surface area contributed by atoms with Gasteiger partial charge in [0.15, 0.2) is 26.5 Å². The van der Waals surface area contributed by atoms with Gasteiger partial charge in [0.1, 0.15) is 12.2 Å². The molecule has 0 aliphatic carbocycles. The van der Waals surface area contributed by atoms with E-state index in [0.29, 0.717) is 0 Å². The number of hydrogen-bond acceptors (Lipinski definition) is 10. The van der Waals surface area contributed by atoms with Crippen LogP contribution < -0.4 is 11.1 Å². The maximum atomic E-state index is 13.0. The number of nitrogens with zero attached hydrogens (tertiary/aromatic N) is 4. The highest BCUT2D eigenvalue weighted by molar-refractivity contribution is 7.99. The number of amides is 2. The van der Waals surface area contributed by atoms with Crippen molar-refractivity contribution < 1.29 is 32.6 Å². The number of methoxy groups -OCH3 is 1. The van der Waals surface area contributed by atoms with Crippen LogP contribution in [-0.2, 0) is 36.0 Å². The normalized spacial score (nSPS) is 21.7. The summed E-state index contributed by atoms with van der Waals surface area (Å²) >= 11 is 0.862. The standard InChI is InChI=1S/C16H19N5O9S2/c1-19(4-8(22)23)13(26)9-7(5-31-16-17-11(24)12(25)18-20(16)2)6-32(28,29)15-10(30-3)14(27)21(9)15/h10,15H,4-6H2,1-3H3,(H,18,25)(H,22,23)/t10-,15+/m0/s1. The molecule has 1 aromatic heterocycles. The van der Waals surface area contributed by atoms with E-state index in [4.69, 9.17) is 9.84 Å². The zero-order chi connectivity index (χ0) is 24.0. The van der Waals surface area contributed by atoms with Gasteiger partial charge < -0.3 is 14.7 Å². The van der Waals surface area contributed by atoms with Crippen molar-refractivity contribution in [2.75, 3.05) is 32.2 Å². The summed E-state index contributed by atoms with van der Waals surface area (Å²) in [7, 11) is -0.149. The molecule has 16 heteroatoms. The quantitative estimate of drug-likeness (QED) is 0.225. The summed E-state index contributed by atoms with van der Waals surface area (Å²) in [5, 5.41) is 9.87. The monoisotopic (exact) mass is 489 g/mol. The number of carboxylic acid groups (broad SMARTS) is 1. The van der Waals surface area contributed by atoms with Crippen LogP contribution in [0.4, 0.5) is 0 Å². The Morgan fingerprint density at radius 1 is 1.34 bits per heavy atom. The fourth-order valence-corrected chi connectivity index (χ4v) is 6.46. The lowest BCUT2D eigenvalue weighted by Gasteiger charge is -2.49. The Morgan fingerprint density at radius 3 is 2.59 bits per heavy atom. The summed E-state index contributed by atoms with van der Waals surface area (Å²) in [4.78, 5) is 64.8. The molecule has 14 nitrogen and oxygen atoms in total. The van der Waals surface area contributed by atoms with Gasteiger partial charge in [0.25, 0.3) is 11.8 Å². The molecule has 0 bridgehead atoms. The number of hydrogen-bond donors (Lipinski definition) is 2. The number of β-lactam (4-membered cyclic amide) rings is 1. The van der Waals surface area contributed by atoms with E-state index >= 15 is 0 Å². The van der Waals surface area contributed by atoms with E-state index in [1.807, 2.05) is 0 Å². The van der Waals surface area contributed by atoms with Crippen molar-refractivity contribution in [3.63, 3.8) is 0 Å². The van der Waals surface area contributed by atoms with E-state index in [0.717, 1.165) is 26.2 Å². The number of sulfone groups is 1. The van der Waals surface area contributed by atoms with E-state index in [2.05, 4.69) is 10.1 Å². The highest BCUT2D eigenvalue weighted by Gasteiger charge is 2.60. The first-order valence-corrected chi connectivity index (χ1v) is 11.7. The van der Waals surface area contributed by atoms with Crippen molar-refractivity contribution in [1.29, 1.82) is 0 Å². The van der Waals surface area contributed by atoms with Gasteiger partial charge >= 0.3 is 17.1 Å². The van der Waals surface area contributed by atoms with Gasteiger partial charge in [-0.3, -0.25) is 38.7 Å². The first kappa shape index (κ1) is 23.7. The number of likely N-dealkylation sites (N-methyl/N-ethyl adjacent to an activating group) is 1. The number of aromatic amines is 1. The summed E-state index contributed by atoms with van der Waals surface area (Å²) in [6.07, 6.45) is -1.27. The lowest BCUT2D eigenvalue weighted by atomic mass is 10.0. The Kier molecular flexibility index (Phi) is 6.30. The minimum absolute atomic E-state index is 0.0249. The van der Waals surface area contributed by atoms with Crippen LogP contribution in [0.2, 0.25) is 0 Å². The number of thioether (sulfide) groups is 1. The molecule has 0 unspecified atom stereocenters. The molecule has 1 fully saturated rings. The summed E-state index contributed by atoms with van der Waals surface area (Å²) in [6.45, 7) is -0.675. The molecule has 2 N–H and O–H groups in total. The number of fused-ring (bicyclic) bond motifs is 1. The number of carbonyl (C=O) groups excluding carboxylic acids is 2. The first-order valence-electron chi connectivity index (χ1n) is 8.96. The maximum absolute atomic E-state index is 13.0. The van der Waals surface area contributed by atoms with Gasteiger partial charge in [-0.2, -0.15) is 4.98 Å². The Morgan fingerprint density at radius 2 is 2.00 bits per heavy atom. The zero-order valence-corrected chi connectivity index (χ0v) is 18.7. The minimum atomic E-state index is -3.94. The van der Waals surface area contributed by atoms with Crippen LogP contribution in [0.5, 0.6) is 0 Å². The summed E-state index contributed by atoms with van der Waals surface area (Å²) in [5.74, 6) is -3.66. The minimum Gasteiger partial charge on any atom is -0.480 e. The average molecular weight is 489 g/mol. The van der Waals surface area contributed by atoms with Crippen LogP contribution in [0.1, 0.15) is 0 Å². The van der Waals surface area contributed by atoms with E-state index in [-0.39, 0.29) is 22.2 Å². The van der Waals surface area contributed by atoms with Crippen LogP contribution in [0.15, 0.2) is 26.0 Å². The number of aliphatic carboxylic acids is 1. The number of carbonyl (C=O) groups is 3. The van der Waals surface area contributed by atoms with Gasteiger partial charge in [-0.05, 0) is 5.57 Å². The number of carboxylic acids is 1. The van der Waals surface area contributed by atoms with Gasteiger partial charge in [0.2, 0.25) is 0 Å². The highest BCUT2D eigenvalue weighted by Crippen LogP contribution is 2.39. The van der Waals surface area contributed by atoms with Gasteiger partial charge in [0.05, 0.1) is 5.75 Å². The highest BCUT2D eigenvalue weighted by atomic mass is 32.2. The van der Waals surface area contributed by atoms with Gasteiger partial charge in [0, 0.05) is 27.0 Å². The van der Waals surface area contributed by atoms with E-state index in [1.54, 1.807) is 0 Å². The third-order valence-electron chi connectivity index (χ3n) is 4.81. The van der Waals surface area contributed by atoms with E-state index in [9.17, 15) is 32.4 Å². The predicted octanol–water partition coefficient (Wildman–Crippen LogP) is -3.03. The molecule has 2 amide bonds. The molecule has 174 valence electrons. The molecule has 2 aliphatic rings. The second-order valence-corrected chi connectivity index (χ2v) is 10.1. The molecule has 1 aromatic rings. The molecule has 0 spiro atoms. The van der Waals surface area contributed by atoms with Crippen LogP contribution >= 0.6 is 11.8 Å². The smallest absolute Gasteiger partial charge is 0.339 e. The molecule has 0 saturated carbocycles. The van der Waals surface area contributed by atoms with Crippen molar-refractivity contribution in [2.45, 2.75) is 16.6 Å². The van der Waals surface area contributed by atoms with Crippen LogP contribution in [0, 0.1) is 0 Å². The molecule has 3 heterocycles. The van der Waals surface area contributed by atoms with Crippen LogP contribution in [-0.4, -0.2) is 99.6 Å². The molecular weight excluding hydrogens is 470 g/mol. The lowest BCUT2D eigenvalue weighted by molar-refractivity contribution is -0.161. The fourth-order valence-electron chi connectivity index (χ4n) is 3.37. The lowest BCUT2D eigenvalue weighted by Crippen LogP contribution is -2.71. The first-order chi connectivity index (χ1) is 14.9. The molecule has 3 rings (SSSR count). The molecule has 2 aliphatic heterocycles. The van der Waals surface area contributed by atoms with Crippen molar-refractivity contribution in [1.82, 2.24) is 24.6 Å². The average Bonchev–Trinajstić information content (AvgIpc) is 2.68. The topological polar surface area (TPSA) is 189 Å². The number of H-pyrrole nitrogens is 1. The molecule has 32 heavy (non-hydrogen) atoms. The maximum Gasteiger partial charge on any atom is 0.339 e. The number of rotatable bonds is 7. The van der Waals surface area contributed by atoms with Crippen molar-refractivity contribution in [3.8, 4) is 0 Å². The Labute approximate surface area is 184 Å². The summed E-state index contributed by atoms with van der Waals surface area (Å²) in [5.41, 5.74) is -2.22. The molecule has 2 atom stereocenters. The van der Waals surface area contributed by atoms with Crippen molar-refractivity contribution in [3.05, 3.63) is 32.0 Å². The third kappa shape index (κ3) is 4.07. The van der Waals surface area contributed by atoms with Crippen molar-refractivity contribution >= 4 is 39.4 Å². The van der Waals surface area contributed by atoms with E-state index < -0.39 is 62.5 Å². The Bertz CT molecular complexity index is 1250. The number of aryl methyl sites for hydroxylation is 1. The van der Waals surface area contributed by atoms with Gasteiger partial charge in [-0.1, -0.05) is 11.8 Å². The third-order valence-corrected chi connectivity index (χ3v) is 7.87. The molecule has 0 aromatic carbocycles. The Balaban J connectivity index is 2.05. The molecule has 0 radical (unpaired) electrons. The summed E-state index contributed by atoms with van der Waals surface area (Å²) in [6, 6.07) is 0. The second kappa shape index (κ2) is 8.51. The van der Waals surface area contributed by atoms with Gasteiger partial charge in [-0.25, -0.2) is 8.42 Å². The van der Waals surface area contributed by atoms with E-state index in [1.165, 1.54) is 21.2 Å². The van der Waals surface area contributed by atoms with Gasteiger partial charge in [-0.15, -0.1) is 0 Å². The predicted molar refractivity (Wildman–Crippen MR) is 108 cm³/mol. The fraction of sp³-hybridized carbons (Fsp3) is 0.500. The Hall–Kier alpha value is -2.98. The zero-order valence-electron chi connectivity index (χ0n) is 17.1. The number of ether oxygens (including phenoxy) is 1. The largest absolute Gasteiger partial charge is 0.480 e. The number of nitrogens with one attached hydrogen (secondary N) is 1. The summed E-state index contributed by atoms with van der Waals surface area (Å²) < 4.78 is 31.7. The van der Waals surface area contributed by atoms with Crippen molar-refractivity contribution in [2.24, 2.45) is 7.05 Å². The molecular formula is C16H19N5O9S2. The van der Waals surface area contributed by atoms with Crippen LogP contribution in [0.25, 0.3) is 0 Å². The van der Waals surface area contributed by atoms with Crippen LogP contribution in [0.3, 0.4) is 0 Å².